The average molecular weight is 394 g/mol. The van der Waals surface area contributed by atoms with Crippen LogP contribution in [0.25, 0.3) is 10.7 Å². The smallest absolute Gasteiger partial charge is 0.329 e. The highest BCUT2D eigenvalue weighted by molar-refractivity contribution is 9.08. The number of halogens is 4. The number of nitrogens with zero attached hydrogens (tertiary/aromatic N) is 3. The number of rotatable bonds is 4. The Bertz CT molecular complexity index is 639. The van der Waals surface area contributed by atoms with Gasteiger partial charge in [0.2, 0.25) is 5.82 Å². The van der Waals surface area contributed by atoms with E-state index >= 15 is 0 Å². The number of allylic oxidation sites excluding steroid dienone is 1. The molecule has 0 unspecified atom stereocenters. The van der Waals surface area contributed by atoms with Crippen LogP contribution in [0.2, 0.25) is 0 Å². The molecule has 0 aliphatic rings. The van der Waals surface area contributed by atoms with Crippen LogP contribution in [0.1, 0.15) is 10.8 Å². The van der Waals surface area contributed by atoms with Crippen molar-refractivity contribution in [1.82, 2.24) is 10.1 Å². The standard InChI is InChI=1S/C8H4BrF3N2OS.C5H7N/c9-3-4-1-2-5(16-4)6-13-7(15-14-6)8(10,11)12;1-3-5-6-4-2/h1-2H,3H2;3-5H,1-2H2. The average Bonchev–Trinajstić information content (AvgIpc) is 3.13. The first-order chi connectivity index (χ1) is 10.4. The van der Waals surface area contributed by atoms with E-state index in [0.717, 1.165) is 4.88 Å². The van der Waals surface area contributed by atoms with Crippen LogP contribution < -0.4 is 0 Å². The molecule has 0 saturated heterocycles. The Hall–Kier alpha value is -1.74. The highest BCUT2D eigenvalue weighted by Gasteiger charge is 2.38. The maximum absolute atomic E-state index is 12.2. The molecular weight excluding hydrogens is 383 g/mol. The monoisotopic (exact) mass is 393 g/mol. The molecule has 0 aliphatic heterocycles. The van der Waals surface area contributed by atoms with Crippen LogP contribution in [0.3, 0.4) is 0 Å². The first-order valence-electron chi connectivity index (χ1n) is 5.73. The van der Waals surface area contributed by atoms with Gasteiger partial charge in [0.25, 0.3) is 0 Å². The van der Waals surface area contributed by atoms with E-state index < -0.39 is 12.1 Å². The van der Waals surface area contributed by atoms with Gasteiger partial charge >= 0.3 is 12.1 Å². The molecule has 0 spiro atoms. The van der Waals surface area contributed by atoms with Gasteiger partial charge in [-0.25, -0.2) is 0 Å². The van der Waals surface area contributed by atoms with Crippen LogP contribution in [0.15, 0.2) is 47.1 Å². The fourth-order valence-corrected chi connectivity index (χ4v) is 2.44. The molecule has 118 valence electrons. The van der Waals surface area contributed by atoms with Gasteiger partial charge in [-0.1, -0.05) is 40.3 Å². The molecule has 2 rings (SSSR count). The number of alkyl halides is 4. The van der Waals surface area contributed by atoms with Gasteiger partial charge in [0.15, 0.2) is 0 Å². The van der Waals surface area contributed by atoms with E-state index in [-0.39, 0.29) is 5.82 Å². The van der Waals surface area contributed by atoms with Crippen LogP contribution in [-0.2, 0) is 11.5 Å². The summed E-state index contributed by atoms with van der Waals surface area (Å²) in [7, 11) is 0. The molecular formula is C13H11BrF3N3OS. The summed E-state index contributed by atoms with van der Waals surface area (Å²) in [5.41, 5.74) is 0. The van der Waals surface area contributed by atoms with Gasteiger partial charge in [-0.3, -0.25) is 4.99 Å². The first kappa shape index (κ1) is 18.3. The number of hydrogen-bond donors (Lipinski definition) is 0. The molecule has 0 aliphatic carbocycles. The van der Waals surface area contributed by atoms with E-state index in [1.54, 1.807) is 24.4 Å². The summed E-state index contributed by atoms with van der Waals surface area (Å²) in [5, 5.41) is 3.93. The predicted molar refractivity (Wildman–Crippen MR) is 84.1 cm³/mol. The zero-order chi connectivity index (χ0) is 16.6. The zero-order valence-corrected chi connectivity index (χ0v) is 13.6. The molecule has 0 N–H and O–H groups in total. The fourth-order valence-electron chi connectivity index (χ4n) is 1.13. The maximum atomic E-state index is 12.2. The van der Waals surface area contributed by atoms with Crippen LogP contribution >= 0.6 is 27.3 Å². The lowest BCUT2D eigenvalue weighted by atomic mass is 10.4. The minimum atomic E-state index is -4.60. The normalized spacial score (nSPS) is 11.1. The molecule has 2 aromatic heterocycles. The van der Waals surface area contributed by atoms with Crippen molar-refractivity contribution in [2.45, 2.75) is 11.5 Å². The third kappa shape index (κ3) is 5.57. The Morgan fingerprint density at radius 2 is 2.09 bits per heavy atom. The van der Waals surface area contributed by atoms with Crippen LogP contribution in [0.5, 0.6) is 0 Å². The Labute approximate surface area is 137 Å². The lowest BCUT2D eigenvalue weighted by molar-refractivity contribution is -0.159. The number of thiophene rings is 1. The molecule has 9 heteroatoms. The second kappa shape index (κ2) is 8.64. The molecule has 0 saturated carbocycles. The summed E-state index contributed by atoms with van der Waals surface area (Å²) in [5.74, 6) is -1.36. The fraction of sp³-hybridized carbons (Fsp3) is 0.154. The van der Waals surface area contributed by atoms with Crippen molar-refractivity contribution >= 4 is 33.5 Å². The Kier molecular flexibility index (Phi) is 7.19. The van der Waals surface area contributed by atoms with Crippen molar-refractivity contribution in [3.05, 3.63) is 48.3 Å². The SMILES string of the molecule is C=CC=NC=C.FC(F)(F)c1nc(-c2ccc(CBr)s2)no1. The Morgan fingerprint density at radius 1 is 1.36 bits per heavy atom. The Balaban J connectivity index is 0.000000346. The number of hydrogen-bond acceptors (Lipinski definition) is 5. The van der Waals surface area contributed by atoms with Crippen molar-refractivity contribution in [2.24, 2.45) is 4.99 Å². The molecule has 0 fully saturated rings. The van der Waals surface area contributed by atoms with E-state index in [1.807, 2.05) is 0 Å². The summed E-state index contributed by atoms with van der Waals surface area (Å²) < 4.78 is 40.7. The minimum absolute atomic E-state index is 0.0375. The van der Waals surface area contributed by atoms with Crippen molar-refractivity contribution in [3.63, 3.8) is 0 Å². The van der Waals surface area contributed by atoms with E-state index in [9.17, 15) is 13.2 Å². The van der Waals surface area contributed by atoms with Crippen molar-refractivity contribution in [3.8, 4) is 10.7 Å². The van der Waals surface area contributed by atoms with E-state index in [4.69, 9.17) is 0 Å². The highest BCUT2D eigenvalue weighted by atomic mass is 79.9. The van der Waals surface area contributed by atoms with Crippen molar-refractivity contribution < 1.29 is 17.7 Å². The molecule has 22 heavy (non-hydrogen) atoms. The maximum Gasteiger partial charge on any atom is 0.471 e. The third-order valence-corrected chi connectivity index (χ3v) is 4.04. The quantitative estimate of drug-likeness (QED) is 0.536. The van der Waals surface area contributed by atoms with E-state index in [1.165, 1.54) is 17.5 Å². The Morgan fingerprint density at radius 3 is 2.50 bits per heavy atom. The highest BCUT2D eigenvalue weighted by Crippen LogP contribution is 2.32. The van der Waals surface area contributed by atoms with Gasteiger partial charge < -0.3 is 4.52 Å². The van der Waals surface area contributed by atoms with E-state index in [2.05, 4.69) is 48.7 Å². The predicted octanol–water partition coefficient (Wildman–Crippen LogP) is 5.10. The molecule has 0 atom stereocenters. The number of aromatic nitrogens is 2. The largest absolute Gasteiger partial charge is 0.471 e. The van der Waals surface area contributed by atoms with Gasteiger partial charge in [0.1, 0.15) is 0 Å². The second-order valence-electron chi connectivity index (χ2n) is 3.54. The van der Waals surface area contributed by atoms with Gasteiger partial charge in [-0.05, 0) is 12.1 Å². The zero-order valence-electron chi connectivity index (χ0n) is 11.2. The molecule has 2 heterocycles. The van der Waals surface area contributed by atoms with Crippen molar-refractivity contribution in [1.29, 1.82) is 0 Å². The van der Waals surface area contributed by atoms with Gasteiger partial charge in [0.05, 0.1) is 4.88 Å². The minimum Gasteiger partial charge on any atom is -0.329 e. The topological polar surface area (TPSA) is 51.3 Å². The molecule has 2 aromatic rings. The summed E-state index contributed by atoms with van der Waals surface area (Å²) in [4.78, 5) is 8.43. The molecule has 0 radical (unpaired) electrons. The summed E-state index contributed by atoms with van der Waals surface area (Å²) in [6.07, 6.45) is 0.0388. The van der Waals surface area contributed by atoms with Gasteiger partial charge in [0, 0.05) is 22.6 Å². The van der Waals surface area contributed by atoms with Crippen LogP contribution in [-0.4, -0.2) is 16.4 Å². The number of aliphatic imine (C=N–C) groups is 1. The summed E-state index contributed by atoms with van der Waals surface area (Å²) in [6, 6.07) is 3.45. The van der Waals surface area contributed by atoms with Crippen molar-refractivity contribution in [2.75, 3.05) is 0 Å². The third-order valence-electron chi connectivity index (χ3n) is 1.98. The van der Waals surface area contributed by atoms with Gasteiger partial charge in [-0.2, -0.15) is 18.2 Å². The first-order valence-corrected chi connectivity index (χ1v) is 7.67. The van der Waals surface area contributed by atoms with E-state index in [0.29, 0.717) is 10.2 Å². The molecule has 0 bridgehead atoms. The molecule has 0 amide bonds. The summed E-state index contributed by atoms with van der Waals surface area (Å²) >= 11 is 4.56. The van der Waals surface area contributed by atoms with Gasteiger partial charge in [-0.15, -0.1) is 11.3 Å². The van der Waals surface area contributed by atoms with Crippen LogP contribution in [0.4, 0.5) is 13.2 Å². The molecule has 0 aromatic carbocycles. The second-order valence-corrected chi connectivity index (χ2v) is 5.27. The van der Waals surface area contributed by atoms with Crippen LogP contribution in [0, 0.1) is 0 Å². The lowest BCUT2D eigenvalue weighted by Crippen LogP contribution is -2.04. The lowest BCUT2D eigenvalue weighted by Gasteiger charge is -1.95. The molecule has 4 nitrogen and oxygen atoms in total. The summed E-state index contributed by atoms with van der Waals surface area (Å²) in [6.45, 7) is 6.75.